The average Bonchev–Trinajstić information content (AvgIpc) is 1.59. The summed E-state index contributed by atoms with van der Waals surface area (Å²) in [6, 6.07) is 23.6. The minimum atomic E-state index is -3.11. The Morgan fingerprint density at radius 1 is 0.927 bits per heavy atom. The highest BCUT2D eigenvalue weighted by molar-refractivity contribution is 6.85. The van der Waals surface area contributed by atoms with Crippen molar-refractivity contribution in [2.24, 2.45) is 11.3 Å². The Morgan fingerprint density at radius 2 is 1.66 bits per heavy atom. The molecule has 1 aliphatic carbocycles. The van der Waals surface area contributed by atoms with Gasteiger partial charge < -0.3 is 39.3 Å². The number of carbonyl (C=O) groups is 4. The fourth-order valence-electron chi connectivity index (χ4n) is 16.7. The van der Waals surface area contributed by atoms with E-state index < -0.39 is 53.9 Å². The fraction of sp³-hybridized carbons (Fsp3) is 0.547. The summed E-state index contributed by atoms with van der Waals surface area (Å²) in [7, 11) is 0.337. The minimum Gasteiger partial charge on any atom is -0.467 e. The molecule has 0 radical (unpaired) electrons. The third-order valence-electron chi connectivity index (χ3n) is 20.2. The molecule has 3 unspecified atom stereocenters. The smallest absolute Gasteiger partial charge is 0.373 e. The number of unbranched alkanes of at least 4 members (excludes halogenated alkanes) is 1. The SMILES string of the molecule is CC[C@]1(O)CC2CN(CCc3c([nH]c4ccccc34)[C@@](C)(c3cc4c(cc3C)N(C)[C@H]3[C@@](O)(C(=O)OC)[C@H](O[Si](C)(CCCCC(=O)NCCOCCN5C(=O)C=CC5=O)c5ccccc5)[C@]5(CC)C=CCN6CC[C@]43[C@@H]65)C2)C1.O=C=O. The number of imide groups is 1. The topological polar surface area (TPSA) is 211 Å². The van der Waals surface area contributed by atoms with Gasteiger partial charge in [-0.25, -0.2) is 4.79 Å². The second kappa shape index (κ2) is 23.2. The number of hydrogen-bond donors (Lipinski definition) is 4. The quantitative estimate of drug-likeness (QED) is 0.0309. The van der Waals surface area contributed by atoms with Crippen LogP contribution < -0.4 is 15.4 Å². The van der Waals surface area contributed by atoms with Crippen LogP contribution in [0.5, 0.6) is 0 Å². The van der Waals surface area contributed by atoms with Gasteiger partial charge in [0.2, 0.25) is 19.8 Å². The van der Waals surface area contributed by atoms with Crippen molar-refractivity contribution in [3.05, 3.63) is 119 Å². The Balaban J connectivity index is 0.00000246. The molecule has 1 saturated carbocycles. The summed E-state index contributed by atoms with van der Waals surface area (Å²) in [6.45, 7) is 16.1. The maximum atomic E-state index is 15.4. The van der Waals surface area contributed by atoms with Crippen LogP contribution in [0.15, 0.2) is 91.0 Å². The number of esters is 1. The van der Waals surface area contributed by atoms with Crippen molar-refractivity contribution in [2.45, 2.75) is 138 Å². The second-order valence-corrected chi connectivity index (χ2v) is 28.5. The Hall–Kier alpha value is -6.08. The Morgan fingerprint density at radius 3 is 2.38 bits per heavy atom. The number of likely N-dealkylation sites (N-methyl/N-ethyl adjacent to an activating group) is 1. The van der Waals surface area contributed by atoms with Gasteiger partial charge in [0, 0.05) is 103 Å². The zero-order valence-electron chi connectivity index (χ0n) is 48.8. The van der Waals surface area contributed by atoms with E-state index in [4.69, 9.17) is 23.5 Å². The molecular formula is C64H82N6O11Si. The van der Waals surface area contributed by atoms with Gasteiger partial charge in [-0.05, 0) is 123 Å². The molecule has 3 aromatic carbocycles. The molecule has 6 aliphatic heterocycles. The maximum Gasteiger partial charge on any atom is 0.373 e. The van der Waals surface area contributed by atoms with Gasteiger partial charge in [0.25, 0.3) is 11.8 Å². The van der Waals surface area contributed by atoms with Gasteiger partial charge in [0.15, 0.2) is 0 Å². The monoisotopic (exact) mass is 1140 g/mol. The van der Waals surface area contributed by atoms with Crippen LogP contribution in [0.2, 0.25) is 12.6 Å². The third-order valence-corrected chi connectivity index (χ3v) is 23.8. The molecule has 1 aromatic heterocycles. The molecule has 18 heteroatoms. The molecule has 7 heterocycles. The first-order valence-electron chi connectivity index (χ1n) is 29.6. The van der Waals surface area contributed by atoms with Crippen LogP contribution in [-0.4, -0.2) is 171 Å². The van der Waals surface area contributed by atoms with Gasteiger partial charge in [0.05, 0.1) is 44.6 Å². The number of ether oxygens (including phenoxy) is 2. The standard InChI is InChI=1S/C63H82N6O9Si.CO2/c1-8-60(74)39-43-38-59(4,54-46(25-30-67(40-43)41-60)45-20-13-14-21-49(45)65-54)47-37-48-50(36-42(47)3)66(5)56-62(48)27-31-68-29-17-26-61(9-2,55(62)68)57(63(56,75)58(73)76-6)78-79(7,44-18-11-10-12-19-44)35-16-15-22-51(70)64-28-33-77-34-32-69-52(71)23-24-53(69)72;2-1-3/h10-14,17-21,23-24,26,36-37,43,55-57,65,74-75H,8-9,15-16,22,25,27-35,38-41H2,1-7H3,(H,64,70);/t43?,55-,56+,57+,59+,60-,61+,62+,63-,79?;/m0./s1. The number of anilines is 1. The molecule has 3 amide bonds. The Kier molecular flexibility index (Phi) is 16.7. The van der Waals surface area contributed by atoms with E-state index in [-0.39, 0.29) is 55.6 Å². The van der Waals surface area contributed by atoms with Crippen LogP contribution in [0.25, 0.3) is 10.9 Å². The fourth-order valence-corrected chi connectivity index (χ4v) is 20.0. The van der Waals surface area contributed by atoms with E-state index in [0.717, 1.165) is 84.3 Å². The zero-order valence-corrected chi connectivity index (χ0v) is 49.8. The van der Waals surface area contributed by atoms with Gasteiger partial charge in [-0.2, -0.15) is 9.59 Å². The minimum absolute atomic E-state index is 0.101. The van der Waals surface area contributed by atoms with Gasteiger partial charge in [-0.3, -0.25) is 29.1 Å². The summed E-state index contributed by atoms with van der Waals surface area (Å²) in [5, 5.41) is 31.7. The predicted molar refractivity (Wildman–Crippen MR) is 313 cm³/mol. The van der Waals surface area contributed by atoms with Crippen molar-refractivity contribution in [3.8, 4) is 0 Å². The van der Waals surface area contributed by atoms with Crippen LogP contribution in [0.1, 0.15) is 100 Å². The molecule has 3 fully saturated rings. The number of amides is 3. The predicted octanol–water partition coefficient (Wildman–Crippen LogP) is 5.72. The molecule has 4 aromatic rings. The summed E-state index contributed by atoms with van der Waals surface area (Å²) in [5.41, 5.74) is 3.35. The molecule has 17 nitrogen and oxygen atoms in total. The highest BCUT2D eigenvalue weighted by Gasteiger charge is 2.80. The van der Waals surface area contributed by atoms with E-state index in [1.54, 1.807) is 0 Å². The Labute approximate surface area is 482 Å². The van der Waals surface area contributed by atoms with Crippen LogP contribution in [0, 0.1) is 18.3 Å². The molecule has 2 saturated heterocycles. The summed E-state index contributed by atoms with van der Waals surface area (Å²) in [4.78, 5) is 81.0. The summed E-state index contributed by atoms with van der Waals surface area (Å²) < 4.78 is 19.4. The number of carbonyl (C=O) groups excluding carboxylic acids is 6. The number of fused-ring (bicyclic) bond motifs is 6. The third kappa shape index (κ3) is 9.93. The number of benzene rings is 3. The lowest BCUT2D eigenvalue weighted by atomic mass is 9.47. The Bertz CT molecular complexity index is 3160. The number of nitrogens with one attached hydrogen (secondary N) is 2. The number of aryl methyl sites for hydroxylation is 1. The van der Waals surface area contributed by atoms with Crippen molar-refractivity contribution in [1.82, 2.24) is 25.0 Å². The summed E-state index contributed by atoms with van der Waals surface area (Å²) in [5.74, 6) is -1.26. The molecule has 11 rings (SSSR count). The maximum absolute atomic E-state index is 15.4. The van der Waals surface area contributed by atoms with Crippen molar-refractivity contribution < 1.29 is 52.9 Å². The number of H-pyrrole nitrogens is 1. The first-order valence-corrected chi connectivity index (χ1v) is 32.2. The number of methoxy groups -OCH3 is 1. The van der Waals surface area contributed by atoms with Crippen LogP contribution in [-0.2, 0) is 59.9 Å². The average molecular weight is 1140 g/mol. The number of piperidine rings is 1. The summed E-state index contributed by atoms with van der Waals surface area (Å²) >= 11 is 0. The van der Waals surface area contributed by atoms with E-state index in [9.17, 15) is 24.6 Å². The number of para-hydroxylation sites is 1. The lowest BCUT2D eigenvalue weighted by molar-refractivity contribution is -0.214. The number of rotatable bonds is 18. The van der Waals surface area contributed by atoms with E-state index in [1.165, 1.54) is 41.5 Å². The molecule has 11 atom stereocenters. The molecule has 2 bridgehead atoms. The molecule has 4 N–H and O–H groups in total. The molecule has 438 valence electrons. The van der Waals surface area contributed by atoms with Gasteiger partial charge in [0.1, 0.15) is 0 Å². The highest BCUT2D eigenvalue weighted by Crippen LogP contribution is 2.68. The largest absolute Gasteiger partial charge is 0.467 e. The number of nitrogens with zero attached hydrogens (tertiary/aromatic N) is 4. The van der Waals surface area contributed by atoms with Crippen LogP contribution in [0.4, 0.5) is 5.69 Å². The highest BCUT2D eigenvalue weighted by atomic mass is 28.4. The molecular weight excluding hydrogens is 1060 g/mol. The summed E-state index contributed by atoms with van der Waals surface area (Å²) in [6.07, 6.45) is 12.3. The molecule has 1 spiro atoms. The van der Waals surface area contributed by atoms with Crippen molar-refractivity contribution in [2.75, 3.05) is 78.1 Å². The first kappa shape index (κ1) is 59.1. The van der Waals surface area contributed by atoms with Crippen LogP contribution in [0.3, 0.4) is 0 Å². The van der Waals surface area contributed by atoms with Crippen molar-refractivity contribution >= 4 is 59.9 Å². The van der Waals surface area contributed by atoms with Crippen LogP contribution >= 0.6 is 0 Å². The number of aliphatic hydroxyl groups is 2. The number of aromatic amines is 1. The van der Waals surface area contributed by atoms with E-state index in [0.29, 0.717) is 51.2 Å². The van der Waals surface area contributed by atoms with E-state index in [1.807, 2.05) is 18.2 Å². The lowest BCUT2D eigenvalue weighted by Gasteiger charge is -2.65. The van der Waals surface area contributed by atoms with Gasteiger partial charge >= 0.3 is 12.1 Å². The van der Waals surface area contributed by atoms with Gasteiger partial charge in [-0.1, -0.05) is 87.0 Å². The van der Waals surface area contributed by atoms with Crippen molar-refractivity contribution in [1.29, 1.82) is 0 Å². The zero-order chi connectivity index (χ0) is 58.4. The number of aromatic nitrogens is 1. The molecule has 82 heavy (non-hydrogen) atoms. The normalized spacial score (nSPS) is 31.4. The van der Waals surface area contributed by atoms with E-state index >= 15 is 4.79 Å². The van der Waals surface area contributed by atoms with Crippen molar-refractivity contribution in [3.63, 3.8) is 0 Å². The van der Waals surface area contributed by atoms with E-state index in [2.05, 4.69) is 127 Å². The lowest BCUT2D eigenvalue weighted by Crippen LogP contribution is -2.82. The second-order valence-electron chi connectivity index (χ2n) is 24.8. The first-order chi connectivity index (χ1) is 39.3. The van der Waals surface area contributed by atoms with Gasteiger partial charge in [-0.15, -0.1) is 0 Å². The molecule has 7 aliphatic rings. The number of hydrogen-bond acceptors (Lipinski definition) is 14.